The van der Waals surface area contributed by atoms with Gasteiger partial charge in [-0.3, -0.25) is 4.79 Å². The van der Waals surface area contributed by atoms with E-state index in [0.29, 0.717) is 6.42 Å². The van der Waals surface area contributed by atoms with E-state index in [4.69, 9.17) is 0 Å². The second kappa shape index (κ2) is 4.13. The van der Waals surface area contributed by atoms with E-state index in [1.807, 2.05) is 27.7 Å². The minimum atomic E-state index is -0.362. The molecular formula is C13H17FO. The SMILES string of the molecule is Cc1ccc(F)cc1CC(=O)C(C)(C)C. The van der Waals surface area contributed by atoms with Gasteiger partial charge in [-0.15, -0.1) is 0 Å². The van der Waals surface area contributed by atoms with Crippen LogP contribution in [0.4, 0.5) is 4.39 Å². The zero-order valence-electron chi connectivity index (χ0n) is 9.73. The lowest BCUT2D eigenvalue weighted by Crippen LogP contribution is -2.22. The number of carbonyl (C=O) groups is 1. The van der Waals surface area contributed by atoms with Gasteiger partial charge in [0.25, 0.3) is 0 Å². The predicted octanol–water partition coefficient (Wildman–Crippen LogP) is 3.29. The van der Waals surface area contributed by atoms with E-state index in [1.54, 1.807) is 6.07 Å². The lowest BCUT2D eigenvalue weighted by molar-refractivity contribution is -0.125. The Morgan fingerprint density at radius 1 is 1.33 bits per heavy atom. The molecule has 15 heavy (non-hydrogen) atoms. The molecule has 0 unspecified atom stereocenters. The van der Waals surface area contributed by atoms with Gasteiger partial charge in [0.2, 0.25) is 0 Å². The molecule has 0 aliphatic heterocycles. The molecule has 0 heterocycles. The average molecular weight is 208 g/mol. The van der Waals surface area contributed by atoms with Crippen molar-refractivity contribution in [2.24, 2.45) is 5.41 Å². The summed E-state index contributed by atoms with van der Waals surface area (Å²) in [4.78, 5) is 11.8. The van der Waals surface area contributed by atoms with E-state index in [-0.39, 0.29) is 17.0 Å². The molecule has 1 rings (SSSR count). The summed E-state index contributed by atoms with van der Waals surface area (Å²) in [6.07, 6.45) is 0.313. The molecule has 0 N–H and O–H groups in total. The van der Waals surface area contributed by atoms with E-state index in [9.17, 15) is 9.18 Å². The number of halogens is 1. The summed E-state index contributed by atoms with van der Waals surface area (Å²) in [6.45, 7) is 7.53. The first-order valence-corrected chi connectivity index (χ1v) is 5.09. The van der Waals surface area contributed by atoms with Gasteiger partial charge in [-0.1, -0.05) is 26.8 Å². The van der Waals surface area contributed by atoms with Crippen molar-refractivity contribution in [2.75, 3.05) is 0 Å². The number of hydrogen-bond donors (Lipinski definition) is 0. The third kappa shape index (κ3) is 3.15. The van der Waals surface area contributed by atoms with Crippen LogP contribution in [0.15, 0.2) is 18.2 Å². The molecule has 0 aliphatic rings. The fourth-order valence-corrected chi connectivity index (χ4v) is 1.27. The van der Waals surface area contributed by atoms with Crippen LogP contribution in [0.2, 0.25) is 0 Å². The normalized spacial score (nSPS) is 11.5. The highest BCUT2D eigenvalue weighted by Gasteiger charge is 2.21. The first-order valence-electron chi connectivity index (χ1n) is 5.09. The van der Waals surface area contributed by atoms with Crippen molar-refractivity contribution in [3.05, 3.63) is 35.1 Å². The lowest BCUT2D eigenvalue weighted by Gasteiger charge is -2.17. The molecule has 1 aromatic carbocycles. The van der Waals surface area contributed by atoms with Gasteiger partial charge in [0.1, 0.15) is 11.6 Å². The summed E-state index contributed by atoms with van der Waals surface area (Å²) < 4.78 is 13.0. The highest BCUT2D eigenvalue weighted by atomic mass is 19.1. The van der Waals surface area contributed by atoms with Gasteiger partial charge in [-0.25, -0.2) is 4.39 Å². The molecule has 0 saturated carbocycles. The second-order valence-electron chi connectivity index (χ2n) is 4.92. The molecule has 0 saturated heterocycles. The Labute approximate surface area is 90.3 Å². The molecule has 0 amide bonds. The van der Waals surface area contributed by atoms with Crippen molar-refractivity contribution < 1.29 is 9.18 Å². The maximum absolute atomic E-state index is 13.0. The van der Waals surface area contributed by atoms with Gasteiger partial charge in [0.15, 0.2) is 0 Å². The monoisotopic (exact) mass is 208 g/mol. The quantitative estimate of drug-likeness (QED) is 0.728. The van der Waals surface area contributed by atoms with Crippen molar-refractivity contribution in [2.45, 2.75) is 34.1 Å². The Hall–Kier alpha value is -1.18. The minimum Gasteiger partial charge on any atom is -0.299 e. The summed E-state index contributed by atoms with van der Waals surface area (Å²) in [7, 11) is 0. The van der Waals surface area contributed by atoms with Gasteiger partial charge in [-0.2, -0.15) is 0 Å². The minimum absolute atomic E-state index is 0.135. The Balaban J connectivity index is 2.90. The summed E-state index contributed by atoms with van der Waals surface area (Å²) in [5.41, 5.74) is 1.39. The number of carbonyl (C=O) groups excluding carboxylic acids is 1. The summed E-state index contributed by atoms with van der Waals surface area (Å²) in [5.74, 6) is -0.145. The fourth-order valence-electron chi connectivity index (χ4n) is 1.27. The molecule has 0 bridgehead atoms. The Morgan fingerprint density at radius 2 is 1.93 bits per heavy atom. The molecule has 0 atom stereocenters. The van der Waals surface area contributed by atoms with Gasteiger partial charge in [0.05, 0.1) is 0 Å². The number of hydrogen-bond acceptors (Lipinski definition) is 1. The van der Waals surface area contributed by atoms with Crippen LogP contribution >= 0.6 is 0 Å². The molecule has 0 aromatic heterocycles. The smallest absolute Gasteiger partial charge is 0.142 e. The van der Waals surface area contributed by atoms with Crippen molar-refractivity contribution >= 4 is 5.78 Å². The van der Waals surface area contributed by atoms with Crippen molar-refractivity contribution in [1.29, 1.82) is 0 Å². The molecule has 82 valence electrons. The molecule has 0 fully saturated rings. The molecule has 0 spiro atoms. The zero-order valence-corrected chi connectivity index (χ0v) is 9.73. The van der Waals surface area contributed by atoms with Crippen LogP contribution < -0.4 is 0 Å². The summed E-state index contributed by atoms with van der Waals surface area (Å²) >= 11 is 0. The van der Waals surface area contributed by atoms with Crippen molar-refractivity contribution in [3.8, 4) is 0 Å². The number of rotatable bonds is 2. The van der Waals surface area contributed by atoms with Gasteiger partial charge in [-0.05, 0) is 30.2 Å². The fraction of sp³-hybridized carbons (Fsp3) is 0.462. The summed E-state index contributed by atoms with van der Waals surface area (Å²) in [5, 5.41) is 0. The Kier molecular flexibility index (Phi) is 3.28. The summed E-state index contributed by atoms with van der Waals surface area (Å²) in [6, 6.07) is 4.57. The maximum Gasteiger partial charge on any atom is 0.142 e. The zero-order chi connectivity index (χ0) is 11.6. The highest BCUT2D eigenvalue weighted by Crippen LogP contribution is 2.19. The van der Waals surface area contributed by atoms with E-state index in [1.165, 1.54) is 12.1 Å². The predicted molar refractivity (Wildman–Crippen MR) is 59.3 cm³/mol. The average Bonchev–Trinajstić information content (AvgIpc) is 2.09. The van der Waals surface area contributed by atoms with E-state index >= 15 is 0 Å². The largest absolute Gasteiger partial charge is 0.299 e. The van der Waals surface area contributed by atoms with Crippen LogP contribution in [-0.4, -0.2) is 5.78 Å². The van der Waals surface area contributed by atoms with Crippen LogP contribution in [-0.2, 0) is 11.2 Å². The molecule has 1 nitrogen and oxygen atoms in total. The maximum atomic E-state index is 13.0. The standard InChI is InChI=1S/C13H17FO/c1-9-5-6-11(14)7-10(9)8-12(15)13(2,3)4/h5-7H,8H2,1-4H3. The highest BCUT2D eigenvalue weighted by molar-refractivity contribution is 5.85. The van der Waals surface area contributed by atoms with Crippen LogP contribution in [0.1, 0.15) is 31.9 Å². The van der Waals surface area contributed by atoms with Gasteiger partial charge < -0.3 is 0 Å². The van der Waals surface area contributed by atoms with Crippen LogP contribution in [0.5, 0.6) is 0 Å². The number of Topliss-reactive ketones (excluding diaryl/α,β-unsaturated/α-hetero) is 1. The molecule has 0 aliphatic carbocycles. The van der Waals surface area contributed by atoms with E-state index in [2.05, 4.69) is 0 Å². The van der Waals surface area contributed by atoms with Gasteiger partial charge >= 0.3 is 0 Å². The third-order valence-electron chi connectivity index (χ3n) is 2.50. The Bertz CT molecular complexity index is 375. The van der Waals surface area contributed by atoms with Crippen LogP contribution in [0.3, 0.4) is 0 Å². The van der Waals surface area contributed by atoms with Crippen molar-refractivity contribution in [1.82, 2.24) is 0 Å². The van der Waals surface area contributed by atoms with Crippen LogP contribution in [0, 0.1) is 18.2 Å². The first-order chi connectivity index (χ1) is 6.80. The van der Waals surface area contributed by atoms with Crippen LogP contribution in [0.25, 0.3) is 0 Å². The third-order valence-corrected chi connectivity index (χ3v) is 2.50. The number of benzene rings is 1. The van der Waals surface area contributed by atoms with Crippen molar-refractivity contribution in [3.63, 3.8) is 0 Å². The first kappa shape index (κ1) is 11.9. The lowest BCUT2D eigenvalue weighted by atomic mass is 9.86. The molecular weight excluding hydrogens is 191 g/mol. The molecule has 2 heteroatoms. The topological polar surface area (TPSA) is 17.1 Å². The van der Waals surface area contributed by atoms with Gasteiger partial charge in [0, 0.05) is 11.8 Å². The Morgan fingerprint density at radius 3 is 2.47 bits per heavy atom. The van der Waals surface area contributed by atoms with E-state index in [0.717, 1.165) is 11.1 Å². The molecule has 1 aromatic rings. The second-order valence-corrected chi connectivity index (χ2v) is 4.92. The molecule has 0 radical (unpaired) electrons. The van der Waals surface area contributed by atoms with E-state index < -0.39 is 0 Å². The number of ketones is 1. The number of aryl methyl sites for hydroxylation is 1.